The van der Waals surface area contributed by atoms with Crippen molar-refractivity contribution in [1.82, 2.24) is 15.3 Å². The number of hydrogen-bond acceptors (Lipinski definition) is 4. The first-order chi connectivity index (χ1) is 8.78. The largest absolute Gasteiger partial charge is 0.315 e. The Bertz CT molecular complexity index is 558. The lowest BCUT2D eigenvalue weighted by Gasteiger charge is -1.97. The van der Waals surface area contributed by atoms with E-state index in [0.29, 0.717) is 5.92 Å². The van der Waals surface area contributed by atoms with Crippen LogP contribution >= 0.6 is 11.3 Å². The molecule has 0 radical (unpaired) electrons. The minimum Gasteiger partial charge on any atom is -0.315 e. The average Bonchev–Trinajstić information content (AvgIpc) is 3.12. The highest BCUT2D eigenvalue weighted by atomic mass is 32.1. The van der Waals surface area contributed by atoms with Crippen molar-refractivity contribution in [1.29, 1.82) is 0 Å². The van der Waals surface area contributed by atoms with E-state index in [2.05, 4.69) is 23.3 Å². The van der Waals surface area contributed by atoms with Crippen LogP contribution in [-0.4, -0.2) is 17.0 Å². The van der Waals surface area contributed by atoms with Crippen LogP contribution in [0.25, 0.3) is 10.7 Å². The van der Waals surface area contributed by atoms with Crippen LogP contribution in [0.3, 0.4) is 0 Å². The Morgan fingerprint density at radius 2 is 2.28 bits per heavy atom. The maximum atomic E-state index is 4.82. The van der Waals surface area contributed by atoms with Gasteiger partial charge in [0.25, 0.3) is 0 Å². The molecule has 1 N–H and O–H groups in total. The predicted molar refractivity (Wildman–Crippen MR) is 74.8 cm³/mol. The van der Waals surface area contributed by atoms with E-state index in [-0.39, 0.29) is 0 Å². The molecule has 1 aliphatic carbocycles. The SMILES string of the molecule is CNCc1sc(-c2cc(C)ccn2)nc1C1CC1. The van der Waals surface area contributed by atoms with Gasteiger partial charge >= 0.3 is 0 Å². The molecule has 1 fully saturated rings. The fourth-order valence-electron chi connectivity index (χ4n) is 2.09. The molecule has 0 aromatic carbocycles. The molecule has 0 aliphatic heterocycles. The van der Waals surface area contributed by atoms with E-state index in [9.17, 15) is 0 Å². The Hall–Kier alpha value is -1.26. The number of nitrogens with one attached hydrogen (secondary N) is 1. The molecule has 3 nitrogen and oxygen atoms in total. The fraction of sp³-hybridized carbons (Fsp3) is 0.429. The van der Waals surface area contributed by atoms with E-state index < -0.39 is 0 Å². The Morgan fingerprint density at radius 1 is 1.44 bits per heavy atom. The van der Waals surface area contributed by atoms with E-state index in [1.54, 1.807) is 11.3 Å². The molecular formula is C14H17N3S. The van der Waals surface area contributed by atoms with Crippen molar-refractivity contribution in [3.8, 4) is 10.7 Å². The molecule has 0 atom stereocenters. The highest BCUT2D eigenvalue weighted by Gasteiger charge is 2.29. The summed E-state index contributed by atoms with van der Waals surface area (Å²) in [5.74, 6) is 0.697. The van der Waals surface area contributed by atoms with Crippen LogP contribution in [0.5, 0.6) is 0 Å². The van der Waals surface area contributed by atoms with E-state index >= 15 is 0 Å². The zero-order valence-corrected chi connectivity index (χ0v) is 11.5. The quantitative estimate of drug-likeness (QED) is 0.916. The molecule has 2 aromatic heterocycles. The molecule has 1 aliphatic rings. The van der Waals surface area contributed by atoms with Crippen LogP contribution in [0.1, 0.15) is 34.9 Å². The second-order valence-electron chi connectivity index (χ2n) is 4.85. The summed E-state index contributed by atoms with van der Waals surface area (Å²) in [6.45, 7) is 3.00. The first-order valence-electron chi connectivity index (χ1n) is 6.35. The molecule has 2 heterocycles. The van der Waals surface area contributed by atoms with Crippen LogP contribution < -0.4 is 5.32 Å². The number of thiazole rings is 1. The van der Waals surface area contributed by atoms with Crippen molar-refractivity contribution in [3.05, 3.63) is 34.5 Å². The van der Waals surface area contributed by atoms with Crippen molar-refractivity contribution in [2.75, 3.05) is 7.05 Å². The zero-order chi connectivity index (χ0) is 12.5. The van der Waals surface area contributed by atoms with Crippen molar-refractivity contribution in [2.45, 2.75) is 32.2 Å². The predicted octanol–water partition coefficient (Wildman–Crippen LogP) is 3.11. The van der Waals surface area contributed by atoms with Crippen molar-refractivity contribution in [2.24, 2.45) is 0 Å². The second-order valence-corrected chi connectivity index (χ2v) is 5.93. The number of rotatable bonds is 4. The molecule has 0 saturated heterocycles. The molecule has 94 valence electrons. The van der Waals surface area contributed by atoms with E-state index in [1.165, 1.54) is 29.0 Å². The Morgan fingerprint density at radius 3 is 2.94 bits per heavy atom. The maximum Gasteiger partial charge on any atom is 0.142 e. The highest BCUT2D eigenvalue weighted by Crippen LogP contribution is 2.44. The van der Waals surface area contributed by atoms with Gasteiger partial charge in [-0.3, -0.25) is 4.98 Å². The molecule has 0 unspecified atom stereocenters. The fourth-order valence-corrected chi connectivity index (χ4v) is 3.22. The van der Waals surface area contributed by atoms with Gasteiger partial charge in [0.05, 0.1) is 11.4 Å². The smallest absolute Gasteiger partial charge is 0.142 e. The second kappa shape index (κ2) is 4.78. The lowest BCUT2D eigenvalue weighted by atomic mass is 10.2. The van der Waals surface area contributed by atoms with Gasteiger partial charge in [-0.25, -0.2) is 4.98 Å². The summed E-state index contributed by atoms with van der Waals surface area (Å²) < 4.78 is 0. The number of hydrogen-bond donors (Lipinski definition) is 1. The Kier molecular flexibility index (Phi) is 3.14. The van der Waals surface area contributed by atoms with E-state index in [1.807, 2.05) is 19.3 Å². The monoisotopic (exact) mass is 259 g/mol. The molecule has 18 heavy (non-hydrogen) atoms. The summed E-state index contributed by atoms with van der Waals surface area (Å²) in [6, 6.07) is 4.13. The van der Waals surface area contributed by atoms with Crippen LogP contribution in [0.15, 0.2) is 18.3 Å². The van der Waals surface area contributed by atoms with Gasteiger partial charge < -0.3 is 5.32 Å². The van der Waals surface area contributed by atoms with Gasteiger partial charge in [0.2, 0.25) is 0 Å². The molecule has 0 amide bonds. The summed E-state index contributed by atoms with van der Waals surface area (Å²) in [5, 5.41) is 4.29. The maximum absolute atomic E-state index is 4.82. The first-order valence-corrected chi connectivity index (χ1v) is 7.17. The van der Waals surface area contributed by atoms with E-state index in [4.69, 9.17) is 4.98 Å². The minimum absolute atomic E-state index is 0.697. The van der Waals surface area contributed by atoms with Crippen molar-refractivity contribution < 1.29 is 0 Å². The third kappa shape index (κ3) is 2.31. The number of nitrogens with zero attached hydrogens (tertiary/aromatic N) is 2. The molecule has 2 aromatic rings. The van der Waals surface area contributed by atoms with Gasteiger partial charge in [-0.1, -0.05) is 0 Å². The Balaban J connectivity index is 1.99. The van der Waals surface area contributed by atoms with Gasteiger partial charge in [-0.05, 0) is 44.5 Å². The summed E-state index contributed by atoms with van der Waals surface area (Å²) in [4.78, 5) is 10.6. The molecular weight excluding hydrogens is 242 g/mol. The Labute approximate surface area is 111 Å². The zero-order valence-electron chi connectivity index (χ0n) is 10.7. The standard InChI is InChI=1S/C14H17N3S/c1-9-5-6-16-11(7-9)14-17-13(10-3-4-10)12(18-14)8-15-2/h5-7,10,15H,3-4,8H2,1-2H3. The first kappa shape index (κ1) is 11.8. The summed E-state index contributed by atoms with van der Waals surface area (Å²) in [5.41, 5.74) is 3.54. The number of aryl methyl sites for hydroxylation is 1. The van der Waals surface area contributed by atoms with Crippen LogP contribution in [-0.2, 0) is 6.54 Å². The topological polar surface area (TPSA) is 37.8 Å². The van der Waals surface area contributed by atoms with Crippen molar-refractivity contribution in [3.63, 3.8) is 0 Å². The van der Waals surface area contributed by atoms with Gasteiger partial charge in [0.15, 0.2) is 0 Å². The minimum atomic E-state index is 0.697. The number of aromatic nitrogens is 2. The summed E-state index contributed by atoms with van der Waals surface area (Å²) >= 11 is 1.78. The van der Waals surface area contributed by atoms with Gasteiger partial charge in [0.1, 0.15) is 5.01 Å². The van der Waals surface area contributed by atoms with Crippen molar-refractivity contribution >= 4 is 11.3 Å². The molecule has 1 saturated carbocycles. The van der Waals surface area contributed by atoms with E-state index in [0.717, 1.165) is 17.2 Å². The van der Waals surface area contributed by atoms with Gasteiger partial charge in [0, 0.05) is 23.5 Å². The molecule has 0 spiro atoms. The van der Waals surface area contributed by atoms with Crippen LogP contribution in [0.4, 0.5) is 0 Å². The van der Waals surface area contributed by atoms with Crippen LogP contribution in [0, 0.1) is 6.92 Å². The van der Waals surface area contributed by atoms with Gasteiger partial charge in [-0.15, -0.1) is 11.3 Å². The normalized spacial score (nSPS) is 15.0. The molecule has 3 rings (SSSR count). The molecule has 4 heteroatoms. The summed E-state index contributed by atoms with van der Waals surface area (Å²) in [7, 11) is 1.99. The molecule has 0 bridgehead atoms. The highest BCUT2D eigenvalue weighted by molar-refractivity contribution is 7.15. The average molecular weight is 259 g/mol. The summed E-state index contributed by atoms with van der Waals surface area (Å²) in [6.07, 6.45) is 4.45. The number of pyridine rings is 1. The lowest BCUT2D eigenvalue weighted by Crippen LogP contribution is -2.05. The third-order valence-electron chi connectivity index (χ3n) is 3.16. The lowest BCUT2D eigenvalue weighted by molar-refractivity contribution is 0.813. The third-order valence-corrected chi connectivity index (χ3v) is 4.26. The van der Waals surface area contributed by atoms with Crippen LogP contribution in [0.2, 0.25) is 0 Å². The van der Waals surface area contributed by atoms with Gasteiger partial charge in [-0.2, -0.15) is 0 Å².